The van der Waals surface area contributed by atoms with Gasteiger partial charge < -0.3 is 11.1 Å². The first-order valence-electron chi connectivity index (χ1n) is 8.86. The second kappa shape index (κ2) is 7.15. The van der Waals surface area contributed by atoms with Gasteiger partial charge in [-0.15, -0.1) is 0 Å². The minimum Gasteiger partial charge on any atom is -0.397 e. The van der Waals surface area contributed by atoms with Gasteiger partial charge in [0.2, 0.25) is 5.95 Å². The van der Waals surface area contributed by atoms with Crippen LogP contribution in [0.25, 0.3) is 11.1 Å². The molecule has 1 saturated carbocycles. The monoisotopic (exact) mass is 362 g/mol. The van der Waals surface area contributed by atoms with Crippen LogP contribution in [0.1, 0.15) is 19.3 Å². The van der Waals surface area contributed by atoms with E-state index in [0.717, 1.165) is 17.5 Å². The molecule has 0 radical (unpaired) electrons. The molecule has 6 heteroatoms. The summed E-state index contributed by atoms with van der Waals surface area (Å²) < 4.78 is 13.0. The van der Waals surface area contributed by atoms with Crippen molar-refractivity contribution in [3.05, 3.63) is 65.9 Å². The number of amides is 1. The van der Waals surface area contributed by atoms with Crippen LogP contribution in [0.2, 0.25) is 0 Å². The predicted molar refractivity (Wildman–Crippen MR) is 105 cm³/mol. The van der Waals surface area contributed by atoms with E-state index in [2.05, 4.69) is 15.3 Å². The number of nitrogen functional groups attached to an aromatic ring is 1. The van der Waals surface area contributed by atoms with Gasteiger partial charge in [0.05, 0.1) is 11.4 Å². The van der Waals surface area contributed by atoms with Crippen LogP contribution in [0.5, 0.6) is 0 Å². The molecule has 2 aliphatic rings. The molecule has 1 fully saturated rings. The number of carbonyl (C=O) groups excluding carboxylic acids is 1. The molecule has 0 saturated heterocycles. The van der Waals surface area contributed by atoms with Crippen molar-refractivity contribution in [3.63, 3.8) is 0 Å². The highest BCUT2D eigenvalue weighted by molar-refractivity contribution is 6.06. The Bertz CT molecular complexity index is 972. The lowest BCUT2D eigenvalue weighted by molar-refractivity contribution is -0.112. The summed E-state index contributed by atoms with van der Waals surface area (Å²) in [5.74, 6) is -0.204. The van der Waals surface area contributed by atoms with Gasteiger partial charge in [-0.1, -0.05) is 11.6 Å². The summed E-state index contributed by atoms with van der Waals surface area (Å²) in [5, 5.41) is 2.83. The quantitative estimate of drug-likeness (QED) is 0.635. The molecular formula is C21H19FN4O. The SMILES string of the molecule is Nc1ccc(-c2ccc(F)nc2)cc1NC(=O)C1=CCC(C2CC2)=CC=N1. The summed E-state index contributed by atoms with van der Waals surface area (Å²) in [5.41, 5.74) is 10.1. The Morgan fingerprint density at radius 3 is 2.74 bits per heavy atom. The van der Waals surface area contributed by atoms with Crippen molar-refractivity contribution in [3.8, 4) is 11.1 Å². The maximum absolute atomic E-state index is 13.0. The molecule has 2 aromatic rings. The van der Waals surface area contributed by atoms with E-state index < -0.39 is 5.95 Å². The largest absolute Gasteiger partial charge is 0.397 e. The van der Waals surface area contributed by atoms with Gasteiger partial charge in [0.15, 0.2) is 0 Å². The summed E-state index contributed by atoms with van der Waals surface area (Å²) in [6.07, 6.45) is 10.2. The molecule has 1 aromatic heterocycles. The van der Waals surface area contributed by atoms with E-state index in [1.165, 1.54) is 30.7 Å². The third-order valence-electron chi connectivity index (χ3n) is 4.73. The minimum atomic E-state index is -0.542. The Balaban J connectivity index is 1.52. The first-order valence-corrected chi connectivity index (χ1v) is 8.86. The summed E-state index contributed by atoms with van der Waals surface area (Å²) in [4.78, 5) is 20.5. The number of nitrogens with one attached hydrogen (secondary N) is 1. The first-order chi connectivity index (χ1) is 13.1. The zero-order chi connectivity index (χ0) is 18.8. The van der Waals surface area contributed by atoms with Crippen molar-refractivity contribution < 1.29 is 9.18 Å². The van der Waals surface area contributed by atoms with Crippen LogP contribution in [0, 0.1) is 11.9 Å². The predicted octanol–water partition coefficient (Wildman–Crippen LogP) is 4.10. The molecule has 136 valence electrons. The number of allylic oxidation sites excluding steroid dienone is 3. The van der Waals surface area contributed by atoms with Crippen molar-refractivity contribution in [2.24, 2.45) is 10.9 Å². The lowest BCUT2D eigenvalue weighted by atomic mass is 10.1. The highest BCUT2D eigenvalue weighted by atomic mass is 19.1. The number of benzene rings is 1. The van der Waals surface area contributed by atoms with Gasteiger partial charge in [0.1, 0.15) is 5.70 Å². The Morgan fingerprint density at radius 1 is 1.19 bits per heavy atom. The molecule has 3 N–H and O–H groups in total. The average molecular weight is 362 g/mol. The molecule has 1 aliphatic heterocycles. The third kappa shape index (κ3) is 3.95. The zero-order valence-corrected chi connectivity index (χ0v) is 14.7. The number of aromatic nitrogens is 1. The molecule has 0 bridgehead atoms. The van der Waals surface area contributed by atoms with Gasteiger partial charge in [0, 0.05) is 18.0 Å². The molecule has 0 spiro atoms. The third-order valence-corrected chi connectivity index (χ3v) is 4.73. The van der Waals surface area contributed by atoms with Gasteiger partial charge in [-0.25, -0.2) is 4.98 Å². The van der Waals surface area contributed by atoms with E-state index in [4.69, 9.17) is 5.73 Å². The molecule has 0 atom stereocenters. The lowest BCUT2D eigenvalue weighted by Gasteiger charge is -2.11. The normalized spacial score (nSPS) is 16.3. The van der Waals surface area contributed by atoms with Crippen LogP contribution in [-0.2, 0) is 4.79 Å². The average Bonchev–Trinajstić information content (AvgIpc) is 3.50. The van der Waals surface area contributed by atoms with Gasteiger partial charge in [-0.2, -0.15) is 4.39 Å². The molecule has 27 heavy (non-hydrogen) atoms. The number of halogens is 1. The van der Waals surface area contributed by atoms with Crippen molar-refractivity contribution in [2.45, 2.75) is 19.3 Å². The maximum Gasteiger partial charge on any atom is 0.273 e. The first kappa shape index (κ1) is 17.1. The molecular weight excluding hydrogens is 343 g/mol. The molecule has 1 amide bonds. The number of hydrogen-bond donors (Lipinski definition) is 2. The molecule has 2 heterocycles. The topological polar surface area (TPSA) is 80.4 Å². The van der Waals surface area contributed by atoms with Crippen LogP contribution in [0.3, 0.4) is 0 Å². The summed E-state index contributed by atoms with van der Waals surface area (Å²) in [7, 11) is 0. The Kier molecular flexibility index (Phi) is 4.54. The maximum atomic E-state index is 13.0. The standard InChI is InChI=1S/C21H19FN4O/c22-20-8-5-16(12-25-20)15-3-6-17(23)19(11-15)26-21(27)18-7-4-14(9-10-24-18)13-1-2-13/h3,5-13H,1-2,4,23H2,(H,26,27). The van der Waals surface area contributed by atoms with Crippen molar-refractivity contribution in [2.75, 3.05) is 11.1 Å². The van der Waals surface area contributed by atoms with Crippen molar-refractivity contribution in [1.29, 1.82) is 0 Å². The number of rotatable bonds is 4. The molecule has 1 aromatic carbocycles. The minimum absolute atomic E-state index is 0.308. The highest BCUT2D eigenvalue weighted by Gasteiger charge is 2.25. The highest BCUT2D eigenvalue weighted by Crippen LogP contribution is 2.38. The van der Waals surface area contributed by atoms with E-state index in [9.17, 15) is 9.18 Å². The van der Waals surface area contributed by atoms with E-state index in [1.54, 1.807) is 30.5 Å². The van der Waals surface area contributed by atoms with E-state index >= 15 is 0 Å². The molecule has 5 nitrogen and oxygen atoms in total. The second-order valence-electron chi connectivity index (χ2n) is 6.71. The fourth-order valence-corrected chi connectivity index (χ4v) is 3.03. The smallest absolute Gasteiger partial charge is 0.273 e. The van der Waals surface area contributed by atoms with E-state index in [0.29, 0.717) is 23.0 Å². The van der Waals surface area contributed by atoms with Crippen molar-refractivity contribution in [1.82, 2.24) is 4.98 Å². The van der Waals surface area contributed by atoms with E-state index in [1.807, 2.05) is 12.2 Å². The van der Waals surface area contributed by atoms with Gasteiger partial charge in [-0.3, -0.25) is 9.79 Å². The number of hydrogen-bond acceptors (Lipinski definition) is 4. The Labute approximate surface area is 156 Å². The Hall–Kier alpha value is -3.28. The number of aliphatic imine (C=N–C) groups is 1. The fraction of sp³-hybridized carbons (Fsp3) is 0.190. The summed E-state index contributed by atoms with van der Waals surface area (Å²) in [6.45, 7) is 0. The summed E-state index contributed by atoms with van der Waals surface area (Å²) >= 11 is 0. The van der Waals surface area contributed by atoms with Crippen LogP contribution in [0.15, 0.2) is 64.9 Å². The molecule has 1 aliphatic carbocycles. The fourth-order valence-electron chi connectivity index (χ4n) is 3.03. The molecule has 4 rings (SSSR count). The van der Waals surface area contributed by atoms with Gasteiger partial charge >= 0.3 is 0 Å². The number of nitrogens with two attached hydrogens (primary N) is 1. The number of anilines is 2. The second-order valence-corrected chi connectivity index (χ2v) is 6.71. The van der Waals surface area contributed by atoms with Crippen molar-refractivity contribution >= 4 is 23.5 Å². The Morgan fingerprint density at radius 2 is 2.00 bits per heavy atom. The number of pyridine rings is 1. The number of nitrogens with zero attached hydrogens (tertiary/aromatic N) is 2. The van der Waals surface area contributed by atoms with Crippen LogP contribution >= 0.6 is 0 Å². The molecule has 0 unspecified atom stereocenters. The van der Waals surface area contributed by atoms with E-state index in [-0.39, 0.29) is 5.91 Å². The van der Waals surface area contributed by atoms with Crippen LogP contribution < -0.4 is 11.1 Å². The van der Waals surface area contributed by atoms with Crippen LogP contribution in [-0.4, -0.2) is 17.1 Å². The lowest BCUT2D eigenvalue weighted by Crippen LogP contribution is -2.14. The zero-order valence-electron chi connectivity index (χ0n) is 14.7. The van der Waals surface area contributed by atoms with Gasteiger partial charge in [-0.05, 0) is 67.2 Å². The summed E-state index contributed by atoms with van der Waals surface area (Å²) in [6, 6.07) is 8.17. The van der Waals surface area contributed by atoms with Gasteiger partial charge in [0.25, 0.3) is 5.91 Å². The van der Waals surface area contributed by atoms with Crippen LogP contribution in [0.4, 0.5) is 15.8 Å². The number of carbonyl (C=O) groups is 1.